The SMILES string of the molecule is COC(=O)c1ccccc1-c1cc(C(=O)O)c2cccc(C)c2n1. The van der Waals surface area contributed by atoms with Crippen LogP contribution < -0.4 is 0 Å². The lowest BCUT2D eigenvalue weighted by atomic mass is 9.99. The third-order valence-corrected chi connectivity index (χ3v) is 3.88. The van der Waals surface area contributed by atoms with Gasteiger partial charge in [0, 0.05) is 10.9 Å². The fraction of sp³-hybridized carbons (Fsp3) is 0.105. The lowest BCUT2D eigenvalue weighted by Gasteiger charge is -2.11. The molecular formula is C19H15NO4. The topological polar surface area (TPSA) is 76.5 Å². The predicted molar refractivity (Wildman–Crippen MR) is 90.2 cm³/mol. The van der Waals surface area contributed by atoms with E-state index >= 15 is 0 Å². The fourth-order valence-corrected chi connectivity index (χ4v) is 2.70. The van der Waals surface area contributed by atoms with E-state index in [2.05, 4.69) is 4.98 Å². The van der Waals surface area contributed by atoms with Gasteiger partial charge in [0.15, 0.2) is 0 Å². The Morgan fingerprint density at radius 3 is 2.50 bits per heavy atom. The normalized spacial score (nSPS) is 10.6. The average molecular weight is 321 g/mol. The standard InChI is InChI=1S/C19H15NO4/c1-11-6-5-9-13-15(18(21)22)10-16(20-17(11)13)12-7-3-4-8-14(12)19(23)24-2/h3-10H,1-2H3,(H,21,22). The highest BCUT2D eigenvalue weighted by Gasteiger charge is 2.18. The summed E-state index contributed by atoms with van der Waals surface area (Å²) in [4.78, 5) is 28.3. The minimum Gasteiger partial charge on any atom is -0.478 e. The molecule has 0 aliphatic heterocycles. The number of aryl methyl sites for hydroxylation is 1. The second-order valence-corrected chi connectivity index (χ2v) is 5.37. The Morgan fingerprint density at radius 2 is 1.79 bits per heavy atom. The number of pyridine rings is 1. The van der Waals surface area contributed by atoms with Crippen LogP contribution >= 0.6 is 0 Å². The zero-order valence-corrected chi connectivity index (χ0v) is 13.2. The number of hydrogen-bond acceptors (Lipinski definition) is 4. The van der Waals surface area contributed by atoms with Gasteiger partial charge < -0.3 is 9.84 Å². The number of carbonyl (C=O) groups excluding carboxylic acids is 1. The largest absolute Gasteiger partial charge is 0.478 e. The second-order valence-electron chi connectivity index (χ2n) is 5.37. The number of benzene rings is 2. The number of nitrogens with zero attached hydrogens (tertiary/aromatic N) is 1. The van der Waals surface area contributed by atoms with Gasteiger partial charge in [-0.05, 0) is 24.6 Å². The van der Waals surface area contributed by atoms with E-state index in [1.807, 2.05) is 13.0 Å². The van der Waals surface area contributed by atoms with Crippen LogP contribution in [0.5, 0.6) is 0 Å². The highest BCUT2D eigenvalue weighted by molar-refractivity contribution is 6.05. The molecule has 3 rings (SSSR count). The molecule has 0 bridgehead atoms. The molecule has 3 aromatic rings. The van der Waals surface area contributed by atoms with E-state index in [1.54, 1.807) is 36.4 Å². The number of fused-ring (bicyclic) bond motifs is 1. The Balaban J connectivity index is 2.35. The van der Waals surface area contributed by atoms with Crippen LogP contribution in [-0.4, -0.2) is 29.1 Å². The quantitative estimate of drug-likeness (QED) is 0.744. The maximum absolute atomic E-state index is 12.0. The summed E-state index contributed by atoms with van der Waals surface area (Å²) >= 11 is 0. The smallest absolute Gasteiger partial charge is 0.338 e. The summed E-state index contributed by atoms with van der Waals surface area (Å²) in [6.45, 7) is 1.87. The molecule has 2 aromatic carbocycles. The van der Waals surface area contributed by atoms with Crippen molar-refractivity contribution in [1.29, 1.82) is 0 Å². The van der Waals surface area contributed by atoms with E-state index in [0.717, 1.165) is 5.56 Å². The lowest BCUT2D eigenvalue weighted by Crippen LogP contribution is -2.06. The van der Waals surface area contributed by atoms with E-state index in [4.69, 9.17) is 4.74 Å². The molecule has 0 amide bonds. The van der Waals surface area contributed by atoms with E-state index in [1.165, 1.54) is 13.2 Å². The Hall–Kier alpha value is -3.21. The van der Waals surface area contributed by atoms with Crippen LogP contribution in [-0.2, 0) is 4.74 Å². The van der Waals surface area contributed by atoms with Gasteiger partial charge in [0.1, 0.15) is 0 Å². The molecule has 5 heteroatoms. The molecule has 0 unspecified atom stereocenters. The molecule has 120 valence electrons. The number of aromatic nitrogens is 1. The maximum Gasteiger partial charge on any atom is 0.338 e. The third-order valence-electron chi connectivity index (χ3n) is 3.88. The van der Waals surface area contributed by atoms with E-state index in [9.17, 15) is 14.7 Å². The first kappa shape index (κ1) is 15.7. The zero-order valence-electron chi connectivity index (χ0n) is 13.2. The zero-order chi connectivity index (χ0) is 17.3. The van der Waals surface area contributed by atoms with Crippen molar-refractivity contribution < 1.29 is 19.4 Å². The van der Waals surface area contributed by atoms with Crippen LogP contribution in [0.25, 0.3) is 22.2 Å². The van der Waals surface area contributed by atoms with Gasteiger partial charge in [0.2, 0.25) is 0 Å². The van der Waals surface area contributed by atoms with Crippen LogP contribution in [0.4, 0.5) is 0 Å². The van der Waals surface area contributed by atoms with E-state index < -0.39 is 11.9 Å². The number of carbonyl (C=O) groups is 2. The van der Waals surface area contributed by atoms with E-state index in [-0.39, 0.29) is 5.56 Å². The van der Waals surface area contributed by atoms with Gasteiger partial charge in [0.25, 0.3) is 0 Å². The molecule has 24 heavy (non-hydrogen) atoms. The highest BCUT2D eigenvalue weighted by atomic mass is 16.5. The van der Waals surface area contributed by atoms with Crippen molar-refractivity contribution in [3.8, 4) is 11.3 Å². The van der Waals surface area contributed by atoms with Gasteiger partial charge in [0.05, 0.1) is 29.4 Å². The summed E-state index contributed by atoms with van der Waals surface area (Å²) in [5.41, 5.74) is 2.93. The summed E-state index contributed by atoms with van der Waals surface area (Å²) in [6, 6.07) is 13.7. The van der Waals surface area contributed by atoms with Gasteiger partial charge in [-0.3, -0.25) is 0 Å². The van der Waals surface area contributed by atoms with Crippen LogP contribution in [0, 0.1) is 6.92 Å². The fourth-order valence-electron chi connectivity index (χ4n) is 2.70. The van der Waals surface area contributed by atoms with Crippen molar-refractivity contribution in [2.24, 2.45) is 0 Å². The predicted octanol–water partition coefficient (Wildman–Crippen LogP) is 3.70. The molecule has 0 radical (unpaired) electrons. The second kappa shape index (κ2) is 6.12. The molecule has 0 saturated heterocycles. The first-order chi connectivity index (χ1) is 11.5. The molecule has 1 N–H and O–H groups in total. The molecule has 5 nitrogen and oxygen atoms in total. The number of ether oxygens (including phenoxy) is 1. The van der Waals surface area contributed by atoms with E-state index in [0.29, 0.717) is 27.7 Å². The Bertz CT molecular complexity index is 963. The molecule has 0 fully saturated rings. The third kappa shape index (κ3) is 2.60. The number of para-hydroxylation sites is 1. The van der Waals surface area contributed by atoms with Gasteiger partial charge >= 0.3 is 11.9 Å². The van der Waals surface area contributed by atoms with Gasteiger partial charge in [-0.2, -0.15) is 0 Å². The number of hydrogen-bond donors (Lipinski definition) is 1. The van der Waals surface area contributed by atoms with Crippen LogP contribution in [0.3, 0.4) is 0 Å². The molecule has 0 spiro atoms. The minimum atomic E-state index is -1.04. The minimum absolute atomic E-state index is 0.151. The lowest BCUT2D eigenvalue weighted by molar-refractivity contribution is 0.0600. The first-order valence-electron chi connectivity index (χ1n) is 7.34. The van der Waals surface area contributed by atoms with Crippen LogP contribution in [0.2, 0.25) is 0 Å². The number of aromatic carboxylic acids is 1. The molecule has 0 atom stereocenters. The molecule has 0 saturated carbocycles. The highest BCUT2D eigenvalue weighted by Crippen LogP contribution is 2.29. The molecular weight excluding hydrogens is 306 g/mol. The van der Waals surface area contributed by atoms with Crippen molar-refractivity contribution in [2.75, 3.05) is 7.11 Å². The Morgan fingerprint density at radius 1 is 1.04 bits per heavy atom. The number of methoxy groups -OCH3 is 1. The molecule has 1 heterocycles. The maximum atomic E-state index is 12.0. The first-order valence-corrected chi connectivity index (χ1v) is 7.34. The number of esters is 1. The summed E-state index contributed by atoms with van der Waals surface area (Å²) < 4.78 is 4.80. The van der Waals surface area contributed by atoms with Gasteiger partial charge in [-0.15, -0.1) is 0 Å². The van der Waals surface area contributed by atoms with Crippen LogP contribution in [0.15, 0.2) is 48.5 Å². The van der Waals surface area contributed by atoms with Crippen molar-refractivity contribution in [3.63, 3.8) is 0 Å². The summed E-state index contributed by atoms with van der Waals surface area (Å²) in [6.07, 6.45) is 0. The monoisotopic (exact) mass is 321 g/mol. The summed E-state index contributed by atoms with van der Waals surface area (Å²) in [7, 11) is 1.31. The van der Waals surface area contributed by atoms with Crippen molar-refractivity contribution in [1.82, 2.24) is 4.98 Å². The molecule has 0 aliphatic rings. The Labute approximate surface area is 138 Å². The molecule has 0 aliphatic carbocycles. The van der Waals surface area contributed by atoms with Gasteiger partial charge in [-0.25, -0.2) is 14.6 Å². The number of rotatable bonds is 3. The summed E-state index contributed by atoms with van der Waals surface area (Å²) in [5, 5.41) is 10.1. The van der Waals surface area contributed by atoms with Crippen molar-refractivity contribution >= 4 is 22.8 Å². The summed E-state index contributed by atoms with van der Waals surface area (Å²) in [5.74, 6) is -1.53. The average Bonchev–Trinajstić information content (AvgIpc) is 2.60. The van der Waals surface area contributed by atoms with Gasteiger partial charge in [-0.1, -0.05) is 36.4 Å². The molecule has 1 aromatic heterocycles. The van der Waals surface area contributed by atoms with Crippen molar-refractivity contribution in [3.05, 3.63) is 65.2 Å². The number of carboxylic acids is 1. The Kier molecular flexibility index (Phi) is 4.00. The van der Waals surface area contributed by atoms with Crippen molar-refractivity contribution in [2.45, 2.75) is 6.92 Å². The van der Waals surface area contributed by atoms with Crippen LogP contribution in [0.1, 0.15) is 26.3 Å². The number of carboxylic acid groups (broad SMARTS) is 1.